The molecule has 0 radical (unpaired) electrons. The molecule has 2 aromatic carbocycles. The highest BCUT2D eigenvalue weighted by Gasteiger charge is 2.69. The summed E-state index contributed by atoms with van der Waals surface area (Å²) in [6.45, 7) is -0.544. The lowest BCUT2D eigenvalue weighted by atomic mass is 9.68. The van der Waals surface area contributed by atoms with E-state index in [0.29, 0.717) is 0 Å². The van der Waals surface area contributed by atoms with Crippen LogP contribution in [0.2, 0.25) is 0 Å². The lowest BCUT2D eigenvalue weighted by Gasteiger charge is -2.43. The number of carbonyl (C=O) groups is 3. The number of imide groups is 1. The number of carboxylic acid groups (broad SMARTS) is 1. The Hall–Kier alpha value is -2.75. The van der Waals surface area contributed by atoms with Gasteiger partial charge in [-0.3, -0.25) is 19.3 Å². The molecule has 6 nitrogen and oxygen atoms in total. The molecule has 2 saturated carbocycles. The first-order valence-corrected chi connectivity index (χ1v) is 14.1. The average molecular weight is 535 g/mol. The zero-order valence-corrected chi connectivity index (χ0v) is 21.4. The summed E-state index contributed by atoms with van der Waals surface area (Å²) in [6, 6.07) is 19.0. The van der Waals surface area contributed by atoms with Crippen molar-refractivity contribution in [3.63, 3.8) is 0 Å². The fourth-order valence-corrected chi connectivity index (χ4v) is 10.6. The van der Waals surface area contributed by atoms with Crippen molar-refractivity contribution in [2.24, 2.45) is 29.6 Å². The van der Waals surface area contributed by atoms with Crippen LogP contribution < -0.4 is 0 Å². The van der Waals surface area contributed by atoms with E-state index < -0.39 is 24.3 Å². The molecule has 4 aliphatic rings. The minimum Gasteiger partial charge on any atom is -0.480 e. The van der Waals surface area contributed by atoms with Gasteiger partial charge in [-0.25, -0.2) is 0 Å². The molecule has 1 aromatic heterocycles. The summed E-state index contributed by atoms with van der Waals surface area (Å²) in [5.74, 6) is -2.17. The van der Waals surface area contributed by atoms with Gasteiger partial charge in [0.15, 0.2) is 3.95 Å². The summed E-state index contributed by atoms with van der Waals surface area (Å²) >= 11 is 8.90. The molecule has 2 aliphatic carbocycles. The SMILES string of the molecule is O=C(O)CN1C(=O)C2C3CC(C2C1=O)C1C(c2ccc(-c4ccccc4)cc2)c2sc(=S)[nH]c2SC31. The Morgan fingerprint density at radius 1 is 1.00 bits per heavy atom. The minimum atomic E-state index is -1.15. The second kappa shape index (κ2) is 8.13. The van der Waals surface area contributed by atoms with Gasteiger partial charge in [0.1, 0.15) is 6.54 Å². The van der Waals surface area contributed by atoms with Crippen molar-refractivity contribution >= 4 is 53.1 Å². The van der Waals surface area contributed by atoms with Crippen molar-refractivity contribution < 1.29 is 19.5 Å². The first-order chi connectivity index (χ1) is 17.4. The molecular formula is C27H22N2O4S3. The van der Waals surface area contributed by atoms with E-state index in [-0.39, 0.29) is 40.7 Å². The number of rotatable bonds is 4. The molecule has 2 bridgehead atoms. The molecule has 1 saturated heterocycles. The molecule has 2 N–H and O–H groups in total. The van der Waals surface area contributed by atoms with E-state index in [0.717, 1.165) is 31.4 Å². The standard InChI is InChI=1S/C27H22N2O4S3/c30-17(31)11-29-25(32)20-15-10-16(21(20)26(29)33)22-19(15)18(23-24(35-22)28-27(34)36-23)14-8-6-13(7-9-14)12-4-2-1-3-5-12/h1-9,15-16,18-22H,10-11H2,(H,28,34)(H,30,31). The highest BCUT2D eigenvalue weighted by Crippen LogP contribution is 2.68. The summed E-state index contributed by atoms with van der Waals surface area (Å²) in [5.41, 5.74) is 3.51. The van der Waals surface area contributed by atoms with Gasteiger partial charge in [0.25, 0.3) is 0 Å². The highest BCUT2D eigenvalue weighted by atomic mass is 32.2. The maximum atomic E-state index is 13.3. The van der Waals surface area contributed by atoms with E-state index in [4.69, 9.17) is 12.2 Å². The number of likely N-dealkylation sites (tertiary alicyclic amines) is 1. The molecule has 7 atom stereocenters. The number of nitrogens with zero attached hydrogens (tertiary/aromatic N) is 1. The first kappa shape index (κ1) is 22.4. The Morgan fingerprint density at radius 2 is 1.67 bits per heavy atom. The zero-order chi connectivity index (χ0) is 24.7. The van der Waals surface area contributed by atoms with Crippen LogP contribution in [0.4, 0.5) is 0 Å². The second-order valence-electron chi connectivity index (χ2n) is 10.1. The third-order valence-corrected chi connectivity index (χ3v) is 11.4. The Balaban J connectivity index is 1.29. The van der Waals surface area contributed by atoms with Gasteiger partial charge in [0.2, 0.25) is 11.8 Å². The maximum absolute atomic E-state index is 13.3. The van der Waals surface area contributed by atoms with Gasteiger partial charge in [-0.05, 0) is 53.1 Å². The topological polar surface area (TPSA) is 90.5 Å². The van der Waals surface area contributed by atoms with E-state index in [1.807, 2.05) is 18.2 Å². The number of thioether (sulfide) groups is 1. The van der Waals surface area contributed by atoms with Crippen molar-refractivity contribution in [2.75, 3.05) is 6.54 Å². The summed E-state index contributed by atoms with van der Waals surface area (Å²) in [6.07, 6.45) is 0.838. The number of nitrogens with one attached hydrogen (secondary N) is 1. The number of thiazole rings is 1. The van der Waals surface area contributed by atoms with Crippen LogP contribution in [0.25, 0.3) is 11.1 Å². The Kier molecular flexibility index (Phi) is 5.07. The van der Waals surface area contributed by atoms with E-state index in [9.17, 15) is 19.5 Å². The molecule has 7 rings (SSSR count). The van der Waals surface area contributed by atoms with E-state index in [1.165, 1.54) is 10.4 Å². The number of benzene rings is 2. The smallest absolute Gasteiger partial charge is 0.323 e. The third kappa shape index (κ3) is 3.15. The van der Waals surface area contributed by atoms with Crippen LogP contribution in [0.1, 0.15) is 22.8 Å². The van der Waals surface area contributed by atoms with Crippen LogP contribution >= 0.6 is 35.3 Å². The number of carbonyl (C=O) groups excluding carboxylic acids is 2. The van der Waals surface area contributed by atoms with E-state index in [1.54, 1.807) is 23.1 Å². The lowest BCUT2D eigenvalue weighted by molar-refractivity contribution is -0.149. The number of carboxylic acids is 1. The van der Waals surface area contributed by atoms with E-state index >= 15 is 0 Å². The number of hydrogen-bond acceptors (Lipinski definition) is 6. The third-order valence-electron chi connectivity index (χ3n) is 8.49. The second-order valence-corrected chi connectivity index (χ2v) is 13.0. The molecule has 182 valence electrons. The predicted octanol–water partition coefficient (Wildman–Crippen LogP) is 5.03. The van der Waals surface area contributed by atoms with Crippen LogP contribution in [0, 0.1) is 33.5 Å². The number of aromatic amines is 1. The Labute approximate surface area is 220 Å². The molecule has 3 heterocycles. The van der Waals surface area contributed by atoms with Crippen molar-refractivity contribution in [2.45, 2.75) is 22.6 Å². The highest BCUT2D eigenvalue weighted by molar-refractivity contribution is 8.00. The quantitative estimate of drug-likeness (QED) is 0.360. The van der Waals surface area contributed by atoms with Crippen molar-refractivity contribution in [1.82, 2.24) is 9.88 Å². The fourth-order valence-electron chi connectivity index (χ4n) is 7.26. The van der Waals surface area contributed by atoms with Gasteiger partial charge in [0.05, 0.1) is 16.9 Å². The zero-order valence-electron chi connectivity index (χ0n) is 19.0. The summed E-state index contributed by atoms with van der Waals surface area (Å²) in [4.78, 5) is 43.4. The minimum absolute atomic E-state index is 0.0513. The summed E-state index contributed by atoms with van der Waals surface area (Å²) in [7, 11) is 0. The predicted molar refractivity (Wildman–Crippen MR) is 139 cm³/mol. The maximum Gasteiger partial charge on any atom is 0.323 e. The molecule has 36 heavy (non-hydrogen) atoms. The van der Waals surface area contributed by atoms with Crippen LogP contribution in [0.5, 0.6) is 0 Å². The van der Waals surface area contributed by atoms with Gasteiger partial charge in [0, 0.05) is 16.0 Å². The number of hydrogen-bond donors (Lipinski definition) is 2. The van der Waals surface area contributed by atoms with Crippen LogP contribution in [0.3, 0.4) is 0 Å². The number of fused-ring (bicyclic) bond motifs is 9. The van der Waals surface area contributed by atoms with Gasteiger partial charge in [-0.2, -0.15) is 0 Å². The lowest BCUT2D eigenvalue weighted by Crippen LogP contribution is -2.42. The summed E-state index contributed by atoms with van der Waals surface area (Å²) in [5, 5.41) is 10.5. The van der Waals surface area contributed by atoms with Gasteiger partial charge in [-0.15, -0.1) is 23.1 Å². The molecule has 2 aliphatic heterocycles. The number of aromatic nitrogens is 1. The number of amides is 2. The molecule has 0 spiro atoms. The molecule has 2 amide bonds. The molecule has 3 fully saturated rings. The Bertz CT molecular complexity index is 1460. The largest absolute Gasteiger partial charge is 0.480 e. The van der Waals surface area contributed by atoms with Crippen molar-refractivity contribution in [3.05, 3.63) is 69.0 Å². The Morgan fingerprint density at radius 3 is 2.36 bits per heavy atom. The van der Waals surface area contributed by atoms with E-state index in [2.05, 4.69) is 41.4 Å². The normalized spacial score (nSPS) is 31.9. The van der Waals surface area contributed by atoms with Gasteiger partial charge in [-0.1, -0.05) is 54.6 Å². The van der Waals surface area contributed by atoms with Crippen LogP contribution in [0.15, 0.2) is 59.6 Å². The van der Waals surface area contributed by atoms with Crippen LogP contribution in [-0.4, -0.2) is 44.6 Å². The van der Waals surface area contributed by atoms with Gasteiger partial charge < -0.3 is 10.1 Å². The van der Waals surface area contributed by atoms with Gasteiger partial charge >= 0.3 is 5.97 Å². The van der Waals surface area contributed by atoms with Crippen LogP contribution in [-0.2, 0) is 14.4 Å². The molecule has 3 aromatic rings. The summed E-state index contributed by atoms with van der Waals surface area (Å²) < 4.78 is 0.741. The molecule has 9 heteroatoms. The molecule has 7 unspecified atom stereocenters. The number of aliphatic carboxylic acids is 1. The van der Waals surface area contributed by atoms with Crippen molar-refractivity contribution in [1.29, 1.82) is 0 Å². The van der Waals surface area contributed by atoms with Crippen molar-refractivity contribution in [3.8, 4) is 11.1 Å². The monoisotopic (exact) mass is 534 g/mol. The average Bonchev–Trinajstić information content (AvgIpc) is 3.60. The first-order valence-electron chi connectivity index (χ1n) is 12.0. The number of H-pyrrole nitrogens is 1. The fraction of sp³-hybridized carbons (Fsp3) is 0.333. The molecular weight excluding hydrogens is 513 g/mol.